The summed E-state index contributed by atoms with van der Waals surface area (Å²) < 4.78 is 2.69. The predicted octanol–water partition coefficient (Wildman–Crippen LogP) is 2.39. The van der Waals surface area contributed by atoms with Gasteiger partial charge in [0, 0.05) is 6.20 Å². The highest BCUT2D eigenvalue weighted by Gasteiger charge is 1.98. The van der Waals surface area contributed by atoms with Crippen LogP contribution in [0.4, 0.5) is 0 Å². The maximum absolute atomic E-state index is 4.03. The standard InChI is InChI=1S/C7H7BrN2/c1-3-7-9-5-6(8)10(7)4-2/h3-5H,1-2H2. The normalized spacial score (nSPS) is 9.30. The van der Waals surface area contributed by atoms with E-state index >= 15 is 0 Å². The fourth-order valence-electron chi connectivity index (χ4n) is 0.685. The number of aromatic nitrogens is 2. The summed E-state index contributed by atoms with van der Waals surface area (Å²) in [5.74, 6) is 0.793. The van der Waals surface area contributed by atoms with Gasteiger partial charge in [-0.15, -0.1) is 0 Å². The summed E-state index contributed by atoms with van der Waals surface area (Å²) in [7, 11) is 0. The third-order valence-corrected chi connectivity index (χ3v) is 1.73. The van der Waals surface area contributed by atoms with Crippen molar-refractivity contribution in [2.24, 2.45) is 0 Å². The molecule has 0 aliphatic rings. The van der Waals surface area contributed by atoms with Crippen LogP contribution in [0.25, 0.3) is 12.3 Å². The second-order valence-corrected chi connectivity index (χ2v) is 2.51. The van der Waals surface area contributed by atoms with E-state index in [0.717, 1.165) is 10.4 Å². The van der Waals surface area contributed by atoms with Crippen molar-refractivity contribution >= 4 is 28.2 Å². The summed E-state index contributed by atoms with van der Waals surface area (Å²) in [5.41, 5.74) is 0. The molecule has 0 fully saturated rings. The minimum atomic E-state index is 0.793. The molecule has 0 saturated heterocycles. The molecule has 0 atom stereocenters. The first-order valence-corrected chi connectivity index (χ1v) is 3.56. The van der Waals surface area contributed by atoms with Gasteiger partial charge in [-0.25, -0.2) is 4.98 Å². The first-order valence-electron chi connectivity index (χ1n) is 2.77. The second-order valence-electron chi connectivity index (χ2n) is 1.70. The van der Waals surface area contributed by atoms with Gasteiger partial charge in [-0.2, -0.15) is 0 Å². The molecule has 0 bridgehead atoms. The van der Waals surface area contributed by atoms with Crippen molar-refractivity contribution in [1.82, 2.24) is 9.55 Å². The molecule has 0 spiro atoms. The maximum Gasteiger partial charge on any atom is 0.136 e. The van der Waals surface area contributed by atoms with Gasteiger partial charge in [-0.3, -0.25) is 4.57 Å². The van der Waals surface area contributed by atoms with Gasteiger partial charge in [0.1, 0.15) is 10.4 Å². The van der Waals surface area contributed by atoms with E-state index in [-0.39, 0.29) is 0 Å². The molecule has 0 N–H and O–H groups in total. The molecule has 0 aliphatic heterocycles. The lowest BCUT2D eigenvalue weighted by Crippen LogP contribution is -1.88. The summed E-state index contributed by atoms with van der Waals surface area (Å²) in [4.78, 5) is 4.03. The van der Waals surface area contributed by atoms with Gasteiger partial charge in [0.15, 0.2) is 0 Å². The molecule has 1 aromatic rings. The van der Waals surface area contributed by atoms with Crippen LogP contribution in [0.2, 0.25) is 0 Å². The molecule has 0 aromatic carbocycles. The Morgan fingerprint density at radius 2 is 2.30 bits per heavy atom. The van der Waals surface area contributed by atoms with Crippen molar-refractivity contribution in [3.05, 3.63) is 29.8 Å². The van der Waals surface area contributed by atoms with Gasteiger partial charge in [-0.1, -0.05) is 13.2 Å². The van der Waals surface area contributed by atoms with Crippen LogP contribution in [0.15, 0.2) is 24.0 Å². The van der Waals surface area contributed by atoms with Crippen molar-refractivity contribution in [3.8, 4) is 0 Å². The van der Waals surface area contributed by atoms with Crippen LogP contribution in [-0.2, 0) is 0 Å². The van der Waals surface area contributed by atoms with Crippen LogP contribution in [0.1, 0.15) is 5.82 Å². The monoisotopic (exact) mass is 198 g/mol. The van der Waals surface area contributed by atoms with Crippen LogP contribution in [0.3, 0.4) is 0 Å². The van der Waals surface area contributed by atoms with Gasteiger partial charge in [0.25, 0.3) is 0 Å². The first kappa shape index (κ1) is 7.28. The molecule has 10 heavy (non-hydrogen) atoms. The molecule has 52 valence electrons. The molecular formula is C7H7BrN2. The summed E-state index contributed by atoms with van der Waals surface area (Å²) in [6.45, 7) is 7.22. The smallest absolute Gasteiger partial charge is 0.136 e. The van der Waals surface area contributed by atoms with Gasteiger partial charge in [-0.05, 0) is 22.0 Å². The van der Waals surface area contributed by atoms with E-state index in [1.807, 2.05) is 0 Å². The topological polar surface area (TPSA) is 17.8 Å². The van der Waals surface area contributed by atoms with Gasteiger partial charge < -0.3 is 0 Å². The van der Waals surface area contributed by atoms with E-state index in [1.54, 1.807) is 23.0 Å². The average molecular weight is 199 g/mol. The fourth-order valence-corrected chi connectivity index (χ4v) is 1.11. The Hall–Kier alpha value is -0.830. The molecule has 1 rings (SSSR count). The van der Waals surface area contributed by atoms with Crippen molar-refractivity contribution < 1.29 is 0 Å². The summed E-state index contributed by atoms with van der Waals surface area (Å²) in [5, 5.41) is 0. The minimum Gasteiger partial charge on any atom is -0.295 e. The van der Waals surface area contributed by atoms with Crippen LogP contribution >= 0.6 is 15.9 Å². The van der Waals surface area contributed by atoms with Crippen molar-refractivity contribution in [3.63, 3.8) is 0 Å². The Morgan fingerprint density at radius 1 is 1.60 bits per heavy atom. The third kappa shape index (κ3) is 1.04. The van der Waals surface area contributed by atoms with Crippen LogP contribution in [0, 0.1) is 0 Å². The van der Waals surface area contributed by atoms with Crippen LogP contribution < -0.4 is 0 Å². The summed E-state index contributed by atoms with van der Waals surface area (Å²) in [6, 6.07) is 0. The maximum atomic E-state index is 4.03. The van der Waals surface area contributed by atoms with E-state index in [9.17, 15) is 0 Å². The lowest BCUT2D eigenvalue weighted by Gasteiger charge is -1.95. The van der Waals surface area contributed by atoms with Gasteiger partial charge >= 0.3 is 0 Å². The minimum absolute atomic E-state index is 0.793. The Morgan fingerprint density at radius 3 is 2.70 bits per heavy atom. The van der Waals surface area contributed by atoms with Crippen LogP contribution in [0.5, 0.6) is 0 Å². The fraction of sp³-hybridized carbons (Fsp3) is 0. The number of rotatable bonds is 2. The highest BCUT2D eigenvalue weighted by molar-refractivity contribution is 9.10. The molecular weight excluding hydrogens is 192 g/mol. The van der Waals surface area contributed by atoms with E-state index in [2.05, 4.69) is 34.1 Å². The largest absolute Gasteiger partial charge is 0.295 e. The Balaban J connectivity index is 3.25. The number of hydrogen-bond donors (Lipinski definition) is 0. The zero-order chi connectivity index (χ0) is 7.56. The quantitative estimate of drug-likeness (QED) is 0.714. The highest BCUT2D eigenvalue weighted by atomic mass is 79.9. The lowest BCUT2D eigenvalue weighted by molar-refractivity contribution is 1.09. The Labute approximate surface area is 68.0 Å². The van der Waals surface area contributed by atoms with Crippen molar-refractivity contribution in [1.29, 1.82) is 0 Å². The van der Waals surface area contributed by atoms with E-state index in [1.165, 1.54) is 0 Å². The third-order valence-electron chi connectivity index (χ3n) is 1.15. The number of halogens is 1. The van der Waals surface area contributed by atoms with E-state index in [4.69, 9.17) is 0 Å². The summed E-state index contributed by atoms with van der Waals surface area (Å²) >= 11 is 3.30. The molecule has 1 aromatic heterocycles. The van der Waals surface area contributed by atoms with Gasteiger partial charge in [0.05, 0.1) is 6.20 Å². The van der Waals surface area contributed by atoms with Crippen molar-refractivity contribution in [2.75, 3.05) is 0 Å². The highest BCUT2D eigenvalue weighted by Crippen LogP contribution is 2.12. The molecule has 1 heterocycles. The Bertz CT molecular complexity index is 263. The van der Waals surface area contributed by atoms with Crippen LogP contribution in [-0.4, -0.2) is 9.55 Å². The van der Waals surface area contributed by atoms with E-state index in [0.29, 0.717) is 0 Å². The lowest BCUT2D eigenvalue weighted by atomic mass is 10.6. The predicted molar refractivity (Wildman–Crippen MR) is 46.4 cm³/mol. The molecule has 0 aliphatic carbocycles. The Kier molecular flexibility index (Phi) is 2.06. The number of nitrogens with zero attached hydrogens (tertiary/aromatic N) is 2. The zero-order valence-electron chi connectivity index (χ0n) is 5.42. The van der Waals surface area contributed by atoms with Crippen molar-refractivity contribution in [2.45, 2.75) is 0 Å². The molecule has 2 nitrogen and oxygen atoms in total. The molecule has 0 radical (unpaired) electrons. The molecule has 3 heteroatoms. The molecule has 0 unspecified atom stereocenters. The number of hydrogen-bond acceptors (Lipinski definition) is 1. The number of imidazole rings is 1. The van der Waals surface area contributed by atoms with Gasteiger partial charge in [0.2, 0.25) is 0 Å². The van der Waals surface area contributed by atoms with E-state index < -0.39 is 0 Å². The molecule has 0 saturated carbocycles. The second kappa shape index (κ2) is 2.84. The molecule has 0 amide bonds. The SMILES string of the molecule is C=Cc1ncc(Br)n1C=C. The summed E-state index contributed by atoms with van der Waals surface area (Å²) in [6.07, 6.45) is 5.05. The average Bonchev–Trinajstić information content (AvgIpc) is 2.30. The first-order chi connectivity index (χ1) is 4.79. The zero-order valence-corrected chi connectivity index (χ0v) is 7.00.